The summed E-state index contributed by atoms with van der Waals surface area (Å²) in [4.78, 5) is 10.0. The van der Waals surface area contributed by atoms with Crippen LogP contribution in [0.3, 0.4) is 0 Å². The lowest BCUT2D eigenvalue weighted by Crippen LogP contribution is -1.82. The van der Waals surface area contributed by atoms with Gasteiger partial charge in [0.1, 0.15) is 0 Å². The van der Waals surface area contributed by atoms with Crippen molar-refractivity contribution in [2.75, 3.05) is 0 Å². The van der Waals surface area contributed by atoms with Crippen LogP contribution in [-0.2, 0) is 0 Å². The summed E-state index contributed by atoms with van der Waals surface area (Å²) in [5, 5.41) is 3.89. The summed E-state index contributed by atoms with van der Waals surface area (Å²) < 4.78 is 8.63. The van der Waals surface area contributed by atoms with E-state index < -0.39 is 0 Å². The molecule has 0 saturated heterocycles. The van der Waals surface area contributed by atoms with Crippen molar-refractivity contribution in [1.29, 1.82) is 0 Å². The van der Waals surface area contributed by atoms with Crippen LogP contribution in [-0.4, -0.2) is 19.5 Å². The van der Waals surface area contributed by atoms with Crippen molar-refractivity contribution < 1.29 is 4.52 Å². The summed E-state index contributed by atoms with van der Waals surface area (Å²) in [6.45, 7) is 1.82. The molecule has 0 aliphatic carbocycles. The average Bonchev–Trinajstić information content (AvgIpc) is 3.19. The average molecular weight is 306 g/mol. The van der Waals surface area contributed by atoms with Crippen molar-refractivity contribution in [3.63, 3.8) is 0 Å². The Bertz CT molecular complexity index is 1150. The Kier molecular flexibility index (Phi) is 2.24. The SMILES string of the molecule is Cc1noc(-c2cccc3c2sc2nc4ccccc4n23)n1. The van der Waals surface area contributed by atoms with Crippen LogP contribution in [0.5, 0.6) is 0 Å². The molecule has 106 valence electrons. The molecule has 0 atom stereocenters. The molecule has 0 aliphatic heterocycles. The largest absolute Gasteiger partial charge is 0.334 e. The van der Waals surface area contributed by atoms with Gasteiger partial charge in [0.05, 0.1) is 26.8 Å². The number of aromatic nitrogens is 4. The summed E-state index contributed by atoms with van der Waals surface area (Å²) in [6.07, 6.45) is 0. The van der Waals surface area contributed by atoms with Crippen molar-refractivity contribution in [2.24, 2.45) is 0 Å². The molecule has 22 heavy (non-hydrogen) atoms. The van der Waals surface area contributed by atoms with Gasteiger partial charge in [-0.25, -0.2) is 4.98 Å². The molecule has 0 saturated carbocycles. The van der Waals surface area contributed by atoms with Gasteiger partial charge in [0, 0.05) is 0 Å². The Morgan fingerprint density at radius 1 is 1.00 bits per heavy atom. The Balaban J connectivity index is 1.93. The smallest absolute Gasteiger partial charge is 0.259 e. The van der Waals surface area contributed by atoms with Crippen LogP contribution < -0.4 is 0 Å². The monoisotopic (exact) mass is 306 g/mol. The fourth-order valence-electron chi connectivity index (χ4n) is 2.78. The number of thiazole rings is 1. The number of hydrogen-bond donors (Lipinski definition) is 0. The van der Waals surface area contributed by atoms with Crippen molar-refractivity contribution in [2.45, 2.75) is 6.92 Å². The molecular weight excluding hydrogens is 296 g/mol. The maximum Gasteiger partial charge on any atom is 0.259 e. The van der Waals surface area contributed by atoms with Gasteiger partial charge in [-0.1, -0.05) is 34.7 Å². The molecule has 5 rings (SSSR count). The molecule has 0 bridgehead atoms. The molecule has 2 aromatic carbocycles. The molecule has 0 radical (unpaired) electrons. The highest BCUT2D eigenvalue weighted by atomic mass is 32.1. The van der Waals surface area contributed by atoms with Crippen molar-refractivity contribution >= 4 is 37.5 Å². The second kappa shape index (κ2) is 4.14. The molecule has 0 unspecified atom stereocenters. The first-order valence-corrected chi connectivity index (χ1v) is 7.72. The third-order valence-electron chi connectivity index (χ3n) is 3.72. The summed E-state index contributed by atoms with van der Waals surface area (Å²) in [7, 11) is 0. The van der Waals surface area contributed by atoms with Crippen LogP contribution in [0.2, 0.25) is 0 Å². The van der Waals surface area contributed by atoms with E-state index >= 15 is 0 Å². The molecular formula is C16H10N4OS. The van der Waals surface area contributed by atoms with E-state index in [4.69, 9.17) is 9.51 Å². The molecule has 5 aromatic rings. The van der Waals surface area contributed by atoms with Crippen LogP contribution in [0.15, 0.2) is 47.0 Å². The lowest BCUT2D eigenvalue weighted by molar-refractivity contribution is 0.426. The first-order valence-electron chi connectivity index (χ1n) is 6.91. The van der Waals surface area contributed by atoms with E-state index in [0.29, 0.717) is 11.7 Å². The number of rotatable bonds is 1. The number of nitrogens with zero attached hydrogens (tertiary/aromatic N) is 4. The van der Waals surface area contributed by atoms with Crippen molar-refractivity contribution in [1.82, 2.24) is 19.5 Å². The Morgan fingerprint density at radius 3 is 2.73 bits per heavy atom. The lowest BCUT2D eigenvalue weighted by Gasteiger charge is -1.98. The highest BCUT2D eigenvalue weighted by Crippen LogP contribution is 2.36. The van der Waals surface area contributed by atoms with E-state index in [-0.39, 0.29) is 0 Å². The topological polar surface area (TPSA) is 56.2 Å². The van der Waals surface area contributed by atoms with Gasteiger partial charge in [0.25, 0.3) is 5.89 Å². The van der Waals surface area contributed by atoms with E-state index in [9.17, 15) is 0 Å². The Hall–Kier alpha value is -2.73. The molecule has 0 fully saturated rings. The molecule has 0 aliphatic rings. The lowest BCUT2D eigenvalue weighted by atomic mass is 10.2. The number of hydrogen-bond acceptors (Lipinski definition) is 5. The normalized spacial score (nSPS) is 11.9. The van der Waals surface area contributed by atoms with Crippen LogP contribution >= 0.6 is 11.3 Å². The fraction of sp³-hybridized carbons (Fsp3) is 0.0625. The number of aryl methyl sites for hydroxylation is 1. The first-order chi connectivity index (χ1) is 10.8. The fourth-order valence-corrected chi connectivity index (χ4v) is 3.92. The number of imidazole rings is 1. The van der Waals surface area contributed by atoms with Gasteiger partial charge in [-0.05, 0) is 31.2 Å². The molecule has 3 aromatic heterocycles. The summed E-state index contributed by atoms with van der Waals surface area (Å²) in [5.41, 5.74) is 4.19. The van der Waals surface area contributed by atoms with Crippen molar-refractivity contribution in [3.05, 3.63) is 48.3 Å². The number of para-hydroxylation sites is 2. The molecule has 0 N–H and O–H groups in total. The van der Waals surface area contributed by atoms with Gasteiger partial charge < -0.3 is 4.52 Å². The second-order valence-electron chi connectivity index (χ2n) is 5.12. The number of benzene rings is 2. The zero-order valence-electron chi connectivity index (χ0n) is 11.6. The third kappa shape index (κ3) is 1.50. The van der Waals surface area contributed by atoms with E-state index in [2.05, 4.69) is 26.7 Å². The van der Waals surface area contributed by atoms with Crippen LogP contribution in [0.25, 0.3) is 37.7 Å². The van der Waals surface area contributed by atoms with Gasteiger partial charge in [-0.3, -0.25) is 4.40 Å². The predicted molar refractivity (Wildman–Crippen MR) is 86.1 cm³/mol. The Morgan fingerprint density at radius 2 is 1.86 bits per heavy atom. The summed E-state index contributed by atoms with van der Waals surface area (Å²) >= 11 is 1.64. The van der Waals surface area contributed by atoms with Crippen LogP contribution in [0.4, 0.5) is 0 Å². The quantitative estimate of drug-likeness (QED) is 0.468. The van der Waals surface area contributed by atoms with E-state index in [1.54, 1.807) is 11.3 Å². The molecule has 0 spiro atoms. The maximum absolute atomic E-state index is 5.33. The number of fused-ring (bicyclic) bond motifs is 5. The van der Waals surface area contributed by atoms with Crippen molar-refractivity contribution in [3.8, 4) is 11.5 Å². The zero-order valence-corrected chi connectivity index (χ0v) is 12.5. The van der Waals surface area contributed by atoms with E-state index in [1.165, 1.54) is 0 Å². The highest BCUT2D eigenvalue weighted by molar-refractivity contribution is 7.24. The predicted octanol–water partition coefficient (Wildman–Crippen LogP) is 4.06. The van der Waals surface area contributed by atoms with Gasteiger partial charge in [0.2, 0.25) is 0 Å². The van der Waals surface area contributed by atoms with Gasteiger partial charge in [-0.2, -0.15) is 4.98 Å². The standard InChI is InChI=1S/C16H10N4OS/c1-9-17-15(21-19-9)10-5-4-8-13-14(10)22-16-18-11-6-2-3-7-12(11)20(13)16/h2-8H,1H3. The second-order valence-corrected chi connectivity index (χ2v) is 6.10. The first kappa shape index (κ1) is 11.9. The zero-order chi connectivity index (χ0) is 14.7. The molecule has 3 heterocycles. The molecule has 6 heteroatoms. The van der Waals surface area contributed by atoms with E-state index in [1.807, 2.05) is 37.3 Å². The summed E-state index contributed by atoms with van der Waals surface area (Å²) in [5.74, 6) is 1.19. The van der Waals surface area contributed by atoms with Gasteiger partial charge in [0.15, 0.2) is 10.8 Å². The van der Waals surface area contributed by atoms with E-state index in [0.717, 1.165) is 31.8 Å². The minimum absolute atomic E-state index is 0.553. The molecule has 5 nitrogen and oxygen atoms in total. The minimum atomic E-state index is 0.553. The van der Waals surface area contributed by atoms with Crippen LogP contribution in [0, 0.1) is 6.92 Å². The summed E-state index contributed by atoms with van der Waals surface area (Å²) in [6, 6.07) is 14.3. The van der Waals surface area contributed by atoms with Gasteiger partial charge in [-0.15, -0.1) is 0 Å². The maximum atomic E-state index is 5.33. The Labute approximate surface area is 128 Å². The van der Waals surface area contributed by atoms with Gasteiger partial charge >= 0.3 is 0 Å². The molecule has 0 amide bonds. The van der Waals surface area contributed by atoms with Crippen LogP contribution in [0.1, 0.15) is 5.82 Å². The highest BCUT2D eigenvalue weighted by Gasteiger charge is 2.16. The third-order valence-corrected chi connectivity index (χ3v) is 4.81. The minimum Gasteiger partial charge on any atom is -0.334 e.